The van der Waals surface area contributed by atoms with E-state index in [0.29, 0.717) is 0 Å². The molecule has 0 spiro atoms. The molecule has 1 heterocycles. The standard InChI is InChI=1S/C5H3F3N2O/c6-5(7,8)1-3-2-9-4(11)10-3/h2H,1H2. The fourth-order valence-corrected chi connectivity index (χ4v) is 0.601. The first-order valence-electron chi connectivity index (χ1n) is 2.70. The lowest BCUT2D eigenvalue weighted by Gasteiger charge is -2.01. The number of hydrogen-bond donors (Lipinski definition) is 0. The number of carbonyl (C=O) groups excluding carboxylic acids is 1. The van der Waals surface area contributed by atoms with Crippen LogP contribution in [0.3, 0.4) is 0 Å². The SMILES string of the molecule is O=C1N=CC(CC(F)(F)F)=N1. The van der Waals surface area contributed by atoms with Crippen LogP contribution in [0.5, 0.6) is 0 Å². The first kappa shape index (κ1) is 7.90. The van der Waals surface area contributed by atoms with Crippen molar-refractivity contribution >= 4 is 18.0 Å². The zero-order valence-corrected chi connectivity index (χ0v) is 5.22. The topological polar surface area (TPSA) is 41.8 Å². The molecule has 0 fully saturated rings. The summed E-state index contributed by atoms with van der Waals surface area (Å²) in [7, 11) is 0. The molecule has 60 valence electrons. The van der Waals surface area contributed by atoms with Crippen molar-refractivity contribution in [3.63, 3.8) is 0 Å². The van der Waals surface area contributed by atoms with Crippen LogP contribution in [0, 0.1) is 0 Å². The Morgan fingerprint density at radius 3 is 2.45 bits per heavy atom. The maximum atomic E-state index is 11.6. The summed E-state index contributed by atoms with van der Waals surface area (Å²) in [5.74, 6) is 0. The number of hydrogen-bond acceptors (Lipinski definition) is 1. The van der Waals surface area contributed by atoms with Crippen LogP contribution in [0.2, 0.25) is 0 Å². The van der Waals surface area contributed by atoms with Crippen molar-refractivity contribution in [2.45, 2.75) is 12.6 Å². The summed E-state index contributed by atoms with van der Waals surface area (Å²) in [5.41, 5.74) is -0.331. The van der Waals surface area contributed by atoms with E-state index >= 15 is 0 Å². The van der Waals surface area contributed by atoms with Crippen LogP contribution in [-0.2, 0) is 0 Å². The summed E-state index contributed by atoms with van der Waals surface area (Å²) in [6, 6.07) is -0.871. The van der Waals surface area contributed by atoms with E-state index < -0.39 is 18.6 Å². The summed E-state index contributed by atoms with van der Waals surface area (Å²) in [6.07, 6.45) is -4.69. The van der Waals surface area contributed by atoms with Crippen LogP contribution < -0.4 is 0 Å². The molecule has 0 bridgehead atoms. The Hall–Kier alpha value is -1.20. The first-order valence-corrected chi connectivity index (χ1v) is 2.70. The number of alkyl halides is 3. The minimum Gasteiger partial charge on any atom is -0.244 e. The third-order valence-electron chi connectivity index (χ3n) is 0.945. The number of urea groups is 1. The van der Waals surface area contributed by atoms with Crippen LogP contribution in [0.1, 0.15) is 6.42 Å². The molecule has 0 saturated carbocycles. The Labute approximate surface area is 59.6 Å². The summed E-state index contributed by atoms with van der Waals surface area (Å²) < 4.78 is 34.7. The molecule has 6 heteroatoms. The van der Waals surface area contributed by atoms with E-state index in [2.05, 4.69) is 9.98 Å². The molecule has 0 aliphatic carbocycles. The van der Waals surface area contributed by atoms with Gasteiger partial charge in [-0.2, -0.15) is 23.2 Å². The minimum absolute atomic E-state index is 0.331. The number of aliphatic imine (C=N–C) groups is 2. The highest BCUT2D eigenvalue weighted by Gasteiger charge is 2.30. The molecule has 0 aromatic carbocycles. The molecule has 0 atom stereocenters. The molecule has 1 aliphatic heterocycles. The Kier molecular flexibility index (Phi) is 1.76. The average molecular weight is 164 g/mol. The van der Waals surface area contributed by atoms with E-state index in [1.54, 1.807) is 0 Å². The lowest BCUT2D eigenvalue weighted by molar-refractivity contribution is -0.120. The molecule has 1 aliphatic rings. The van der Waals surface area contributed by atoms with Crippen molar-refractivity contribution in [1.29, 1.82) is 0 Å². The van der Waals surface area contributed by atoms with Gasteiger partial charge in [0.25, 0.3) is 0 Å². The molecule has 0 aromatic rings. The lowest BCUT2D eigenvalue weighted by Crippen LogP contribution is -2.14. The van der Waals surface area contributed by atoms with Gasteiger partial charge in [0.15, 0.2) is 0 Å². The van der Waals surface area contributed by atoms with E-state index in [4.69, 9.17) is 0 Å². The maximum absolute atomic E-state index is 11.6. The van der Waals surface area contributed by atoms with Gasteiger partial charge in [0.1, 0.15) is 0 Å². The van der Waals surface area contributed by atoms with Gasteiger partial charge >= 0.3 is 12.2 Å². The van der Waals surface area contributed by atoms with Crippen LogP contribution in [0.25, 0.3) is 0 Å². The van der Waals surface area contributed by atoms with Crippen molar-refractivity contribution < 1.29 is 18.0 Å². The fraction of sp³-hybridized carbons (Fsp3) is 0.400. The molecule has 0 aromatic heterocycles. The van der Waals surface area contributed by atoms with Gasteiger partial charge in [0, 0.05) is 0 Å². The van der Waals surface area contributed by atoms with Gasteiger partial charge in [-0.15, -0.1) is 0 Å². The highest BCUT2D eigenvalue weighted by molar-refractivity contribution is 6.37. The molecule has 3 nitrogen and oxygen atoms in total. The third kappa shape index (κ3) is 2.48. The molecule has 0 saturated heterocycles. The summed E-state index contributed by atoms with van der Waals surface area (Å²) in [4.78, 5) is 16.2. The lowest BCUT2D eigenvalue weighted by atomic mass is 10.3. The van der Waals surface area contributed by atoms with E-state index in [1.807, 2.05) is 0 Å². The van der Waals surface area contributed by atoms with E-state index in [0.717, 1.165) is 6.21 Å². The van der Waals surface area contributed by atoms with Crippen molar-refractivity contribution in [1.82, 2.24) is 0 Å². The van der Waals surface area contributed by atoms with E-state index in [-0.39, 0.29) is 5.71 Å². The largest absolute Gasteiger partial charge is 0.394 e. The van der Waals surface area contributed by atoms with Gasteiger partial charge in [-0.25, -0.2) is 4.79 Å². The van der Waals surface area contributed by atoms with E-state index in [9.17, 15) is 18.0 Å². The van der Waals surface area contributed by atoms with Gasteiger partial charge in [0.2, 0.25) is 0 Å². The number of rotatable bonds is 1. The molecule has 0 unspecified atom stereocenters. The third-order valence-corrected chi connectivity index (χ3v) is 0.945. The van der Waals surface area contributed by atoms with Gasteiger partial charge < -0.3 is 0 Å². The Morgan fingerprint density at radius 2 is 2.09 bits per heavy atom. The second kappa shape index (κ2) is 2.44. The predicted molar refractivity (Wildman–Crippen MR) is 32.0 cm³/mol. The second-order valence-corrected chi connectivity index (χ2v) is 1.94. The fourth-order valence-electron chi connectivity index (χ4n) is 0.601. The summed E-state index contributed by atoms with van der Waals surface area (Å²) in [5, 5.41) is 0. The van der Waals surface area contributed by atoms with Gasteiger partial charge in [-0.3, -0.25) is 0 Å². The van der Waals surface area contributed by atoms with E-state index in [1.165, 1.54) is 0 Å². The first-order chi connectivity index (χ1) is 4.97. The van der Waals surface area contributed by atoms with Crippen molar-refractivity contribution in [3.05, 3.63) is 0 Å². The molecule has 1 rings (SSSR count). The average Bonchev–Trinajstić information content (AvgIpc) is 2.10. The Balaban J connectivity index is 2.60. The maximum Gasteiger partial charge on any atom is 0.394 e. The Bertz CT molecular complexity index is 241. The minimum atomic E-state index is -4.32. The highest BCUT2D eigenvalue weighted by atomic mass is 19.4. The highest BCUT2D eigenvalue weighted by Crippen LogP contribution is 2.20. The quantitative estimate of drug-likeness (QED) is 0.580. The van der Waals surface area contributed by atoms with Gasteiger partial charge in [-0.05, 0) is 0 Å². The Morgan fingerprint density at radius 1 is 1.45 bits per heavy atom. The molecule has 2 amide bonds. The van der Waals surface area contributed by atoms with Crippen LogP contribution in [-0.4, -0.2) is 24.1 Å². The molecule has 0 radical (unpaired) electrons. The van der Waals surface area contributed by atoms with Crippen LogP contribution >= 0.6 is 0 Å². The zero-order valence-electron chi connectivity index (χ0n) is 5.22. The van der Waals surface area contributed by atoms with Crippen molar-refractivity contribution in [2.24, 2.45) is 9.98 Å². The van der Waals surface area contributed by atoms with Gasteiger partial charge in [0.05, 0.1) is 18.3 Å². The smallest absolute Gasteiger partial charge is 0.244 e. The summed E-state index contributed by atoms with van der Waals surface area (Å²) >= 11 is 0. The summed E-state index contributed by atoms with van der Waals surface area (Å²) in [6.45, 7) is 0. The number of amides is 2. The number of halogens is 3. The van der Waals surface area contributed by atoms with Crippen molar-refractivity contribution in [2.75, 3.05) is 0 Å². The van der Waals surface area contributed by atoms with Crippen LogP contribution in [0.4, 0.5) is 18.0 Å². The number of nitrogens with zero attached hydrogens (tertiary/aromatic N) is 2. The van der Waals surface area contributed by atoms with Crippen molar-refractivity contribution in [3.8, 4) is 0 Å². The monoisotopic (exact) mass is 164 g/mol. The predicted octanol–water partition coefficient (Wildman–Crippen LogP) is 1.58. The molecule has 0 N–H and O–H groups in total. The zero-order chi connectivity index (χ0) is 8.48. The normalized spacial score (nSPS) is 17.4. The second-order valence-electron chi connectivity index (χ2n) is 1.94. The van der Waals surface area contributed by atoms with Crippen LogP contribution in [0.15, 0.2) is 9.98 Å². The molecule has 11 heavy (non-hydrogen) atoms. The number of carbonyl (C=O) groups is 1. The van der Waals surface area contributed by atoms with Gasteiger partial charge in [-0.1, -0.05) is 0 Å². The molecular formula is C5H3F3N2O. The molecular weight excluding hydrogens is 161 g/mol.